The van der Waals surface area contributed by atoms with Gasteiger partial charge in [-0.1, -0.05) is 19.0 Å². The van der Waals surface area contributed by atoms with E-state index in [0.717, 1.165) is 30.4 Å². The highest BCUT2D eigenvalue weighted by Crippen LogP contribution is 2.47. The Kier molecular flexibility index (Phi) is 4.97. The van der Waals surface area contributed by atoms with Gasteiger partial charge in [0, 0.05) is 23.4 Å². The molecule has 1 fully saturated rings. The number of hydrogen-bond acceptors (Lipinski definition) is 5. The number of fused-ring (bicyclic) bond motifs is 1. The molecule has 0 atom stereocenters. The molecular weight excluding hydrogens is 384 g/mol. The lowest BCUT2D eigenvalue weighted by atomic mass is 9.72. The SMILES string of the molecule is Cc1cc(-c2noc(-c3cnc(C4CC4)c4c3CCC(C)(C)C4)n2)cc(C)c1CCN. The molecule has 2 aliphatic carbocycles. The summed E-state index contributed by atoms with van der Waals surface area (Å²) in [4.78, 5) is 9.70. The van der Waals surface area contributed by atoms with Gasteiger partial charge in [0.15, 0.2) is 0 Å². The molecule has 1 saturated carbocycles. The molecule has 2 N–H and O–H groups in total. The van der Waals surface area contributed by atoms with Crippen LogP contribution in [0.1, 0.15) is 72.5 Å². The molecule has 0 aliphatic heterocycles. The van der Waals surface area contributed by atoms with Gasteiger partial charge in [-0.05, 0) is 104 Å². The van der Waals surface area contributed by atoms with E-state index >= 15 is 0 Å². The maximum atomic E-state index is 5.78. The van der Waals surface area contributed by atoms with Gasteiger partial charge in [0.1, 0.15) is 0 Å². The van der Waals surface area contributed by atoms with Crippen molar-refractivity contribution in [3.8, 4) is 22.8 Å². The van der Waals surface area contributed by atoms with Gasteiger partial charge in [-0.15, -0.1) is 0 Å². The molecular formula is C26H32N4O. The Bertz CT molecular complexity index is 1120. The maximum Gasteiger partial charge on any atom is 0.260 e. The third-order valence-electron chi connectivity index (χ3n) is 7.01. The Morgan fingerprint density at radius 3 is 2.55 bits per heavy atom. The van der Waals surface area contributed by atoms with E-state index in [1.165, 1.54) is 52.8 Å². The maximum absolute atomic E-state index is 5.78. The second-order valence-corrected chi connectivity index (χ2v) is 10.2. The molecule has 2 heterocycles. The predicted octanol–water partition coefficient (Wildman–Crippen LogP) is 5.31. The molecule has 3 aromatic rings. The van der Waals surface area contributed by atoms with E-state index < -0.39 is 0 Å². The zero-order valence-electron chi connectivity index (χ0n) is 19.1. The van der Waals surface area contributed by atoms with Crippen molar-refractivity contribution in [2.75, 3.05) is 6.54 Å². The first kappa shape index (κ1) is 20.4. The number of aromatic nitrogens is 3. The number of hydrogen-bond donors (Lipinski definition) is 1. The largest absolute Gasteiger partial charge is 0.334 e. The van der Waals surface area contributed by atoms with Crippen molar-refractivity contribution in [3.63, 3.8) is 0 Å². The molecule has 0 unspecified atom stereocenters. The van der Waals surface area contributed by atoms with Gasteiger partial charge in [0.2, 0.25) is 5.82 Å². The lowest BCUT2D eigenvalue weighted by Crippen LogP contribution is -2.24. The molecule has 2 aliphatic rings. The summed E-state index contributed by atoms with van der Waals surface area (Å²) in [5.41, 5.74) is 16.0. The number of benzene rings is 1. The van der Waals surface area contributed by atoms with Gasteiger partial charge in [-0.2, -0.15) is 4.98 Å². The fourth-order valence-electron chi connectivity index (χ4n) is 5.12. The summed E-state index contributed by atoms with van der Waals surface area (Å²) in [7, 11) is 0. The summed E-state index contributed by atoms with van der Waals surface area (Å²) in [5.74, 6) is 1.87. The van der Waals surface area contributed by atoms with Crippen LogP contribution < -0.4 is 5.73 Å². The molecule has 0 bridgehead atoms. The van der Waals surface area contributed by atoms with E-state index in [0.29, 0.717) is 29.6 Å². The fourth-order valence-corrected chi connectivity index (χ4v) is 5.12. The average Bonchev–Trinajstić information content (AvgIpc) is 3.45. The van der Waals surface area contributed by atoms with Crippen LogP contribution in [0.15, 0.2) is 22.9 Å². The van der Waals surface area contributed by atoms with E-state index in [-0.39, 0.29) is 0 Å². The van der Waals surface area contributed by atoms with Crippen molar-refractivity contribution >= 4 is 0 Å². The highest BCUT2D eigenvalue weighted by atomic mass is 16.5. The number of aryl methyl sites for hydroxylation is 2. The summed E-state index contributed by atoms with van der Waals surface area (Å²) in [6, 6.07) is 4.28. The van der Waals surface area contributed by atoms with Gasteiger partial charge >= 0.3 is 0 Å². The van der Waals surface area contributed by atoms with Crippen molar-refractivity contribution in [3.05, 3.63) is 51.8 Å². The minimum Gasteiger partial charge on any atom is -0.334 e. The van der Waals surface area contributed by atoms with Crippen LogP contribution in [0.25, 0.3) is 22.8 Å². The van der Waals surface area contributed by atoms with E-state index in [1.807, 2.05) is 6.20 Å². The predicted molar refractivity (Wildman–Crippen MR) is 123 cm³/mol. The molecule has 5 rings (SSSR count). The van der Waals surface area contributed by atoms with Crippen molar-refractivity contribution in [1.82, 2.24) is 15.1 Å². The van der Waals surface area contributed by atoms with E-state index in [4.69, 9.17) is 20.2 Å². The third kappa shape index (κ3) is 3.80. The topological polar surface area (TPSA) is 77.8 Å². The first-order valence-electron chi connectivity index (χ1n) is 11.5. The van der Waals surface area contributed by atoms with Crippen LogP contribution in [0.3, 0.4) is 0 Å². The Morgan fingerprint density at radius 2 is 1.87 bits per heavy atom. The van der Waals surface area contributed by atoms with E-state index in [2.05, 4.69) is 45.0 Å². The van der Waals surface area contributed by atoms with Gasteiger partial charge in [-0.25, -0.2) is 0 Å². The Labute approximate surface area is 184 Å². The Morgan fingerprint density at radius 1 is 1.13 bits per heavy atom. The fraction of sp³-hybridized carbons (Fsp3) is 0.500. The summed E-state index contributed by atoms with van der Waals surface area (Å²) in [6.45, 7) is 9.63. The van der Waals surface area contributed by atoms with Crippen LogP contribution in [0.5, 0.6) is 0 Å². The normalized spacial score (nSPS) is 17.6. The minimum atomic E-state index is 0.317. The van der Waals surface area contributed by atoms with Crippen molar-refractivity contribution in [2.45, 2.75) is 72.1 Å². The van der Waals surface area contributed by atoms with Crippen molar-refractivity contribution in [2.24, 2.45) is 11.1 Å². The second kappa shape index (κ2) is 7.56. The number of nitrogens with two attached hydrogens (primary N) is 1. The van der Waals surface area contributed by atoms with Crippen LogP contribution in [0, 0.1) is 19.3 Å². The highest BCUT2D eigenvalue weighted by molar-refractivity contribution is 5.66. The van der Waals surface area contributed by atoms with Gasteiger partial charge in [0.25, 0.3) is 5.89 Å². The van der Waals surface area contributed by atoms with Crippen LogP contribution in [0.2, 0.25) is 0 Å². The lowest BCUT2D eigenvalue weighted by Gasteiger charge is -2.33. The molecule has 31 heavy (non-hydrogen) atoms. The zero-order chi connectivity index (χ0) is 21.8. The minimum absolute atomic E-state index is 0.317. The Hall–Kier alpha value is -2.53. The van der Waals surface area contributed by atoms with Crippen molar-refractivity contribution < 1.29 is 4.52 Å². The van der Waals surface area contributed by atoms with E-state index in [1.54, 1.807) is 0 Å². The molecule has 0 radical (unpaired) electrons. The molecule has 5 heteroatoms. The van der Waals surface area contributed by atoms with Crippen LogP contribution in [-0.4, -0.2) is 21.7 Å². The molecule has 0 spiro atoms. The summed E-state index contributed by atoms with van der Waals surface area (Å²) < 4.78 is 5.78. The molecule has 2 aromatic heterocycles. The van der Waals surface area contributed by atoms with Gasteiger partial charge < -0.3 is 10.3 Å². The third-order valence-corrected chi connectivity index (χ3v) is 7.01. The van der Waals surface area contributed by atoms with Gasteiger partial charge in [0.05, 0.1) is 5.56 Å². The standard InChI is InChI=1S/C26H32N4O/c1-15-11-18(12-16(2)19(15)8-10-27)24-29-25(31-30-24)22-14-28-23(17-5-6-17)21-13-26(3,4)9-7-20(21)22/h11-12,14,17H,5-10,13,27H2,1-4H3. The summed E-state index contributed by atoms with van der Waals surface area (Å²) >= 11 is 0. The van der Waals surface area contributed by atoms with Crippen LogP contribution in [-0.2, 0) is 19.3 Å². The van der Waals surface area contributed by atoms with Gasteiger partial charge in [-0.3, -0.25) is 4.98 Å². The quantitative estimate of drug-likeness (QED) is 0.610. The molecule has 0 saturated heterocycles. The summed E-state index contributed by atoms with van der Waals surface area (Å²) in [6.07, 6.45) is 8.69. The molecule has 1 aromatic carbocycles. The first-order valence-corrected chi connectivity index (χ1v) is 11.5. The average molecular weight is 417 g/mol. The number of nitrogens with zero attached hydrogens (tertiary/aromatic N) is 3. The monoisotopic (exact) mass is 416 g/mol. The number of pyridine rings is 1. The second-order valence-electron chi connectivity index (χ2n) is 10.2. The van der Waals surface area contributed by atoms with E-state index in [9.17, 15) is 0 Å². The molecule has 5 nitrogen and oxygen atoms in total. The Balaban J connectivity index is 1.54. The molecule has 162 valence electrons. The first-order chi connectivity index (χ1) is 14.9. The highest BCUT2D eigenvalue weighted by Gasteiger charge is 2.35. The molecule has 0 amide bonds. The smallest absolute Gasteiger partial charge is 0.260 e. The van der Waals surface area contributed by atoms with Crippen molar-refractivity contribution in [1.29, 1.82) is 0 Å². The summed E-state index contributed by atoms with van der Waals surface area (Å²) in [5, 5.41) is 4.33. The lowest BCUT2D eigenvalue weighted by molar-refractivity contribution is 0.313. The van der Waals surface area contributed by atoms with Crippen LogP contribution in [0.4, 0.5) is 0 Å². The number of rotatable bonds is 5. The van der Waals surface area contributed by atoms with Crippen LogP contribution >= 0.6 is 0 Å². The zero-order valence-corrected chi connectivity index (χ0v) is 19.1.